The topological polar surface area (TPSA) is 83.4 Å². The van der Waals surface area contributed by atoms with Gasteiger partial charge in [-0.2, -0.15) is 0 Å². The van der Waals surface area contributed by atoms with Crippen LogP contribution < -0.4 is 14.4 Å². The number of morpholine rings is 1. The highest BCUT2D eigenvalue weighted by molar-refractivity contribution is 5.43. The monoisotopic (exact) mass is 485 g/mol. The second kappa shape index (κ2) is 12.5. The maximum atomic E-state index is 11.4. The lowest BCUT2D eigenvalue weighted by Gasteiger charge is -2.41. The third-order valence-corrected chi connectivity index (χ3v) is 6.52. The molecule has 0 bridgehead atoms. The first-order chi connectivity index (χ1) is 17.0. The Bertz CT molecular complexity index is 912. The average molecular weight is 486 g/mol. The summed E-state index contributed by atoms with van der Waals surface area (Å²) in [7, 11) is 2.05. The van der Waals surface area contributed by atoms with Gasteiger partial charge in [0.05, 0.1) is 31.6 Å². The van der Waals surface area contributed by atoms with Crippen molar-refractivity contribution >= 4 is 5.82 Å². The molecular formula is C26H39N5O4. The van der Waals surface area contributed by atoms with Crippen LogP contribution in [0.2, 0.25) is 0 Å². The molecule has 1 atom stereocenters. The fourth-order valence-corrected chi connectivity index (χ4v) is 4.91. The van der Waals surface area contributed by atoms with Crippen molar-refractivity contribution < 1.29 is 19.3 Å². The van der Waals surface area contributed by atoms with Crippen LogP contribution in [0.4, 0.5) is 5.82 Å². The van der Waals surface area contributed by atoms with Crippen molar-refractivity contribution in [1.82, 2.24) is 19.8 Å². The quantitative estimate of drug-likeness (QED) is 0.514. The lowest BCUT2D eigenvalue weighted by atomic mass is 9.92. The van der Waals surface area contributed by atoms with Crippen molar-refractivity contribution in [3.8, 4) is 11.5 Å². The molecule has 2 aliphatic rings. The second-order valence-electron chi connectivity index (χ2n) is 9.50. The van der Waals surface area contributed by atoms with Gasteiger partial charge in [-0.15, -0.1) is 0 Å². The van der Waals surface area contributed by atoms with Gasteiger partial charge in [0, 0.05) is 58.2 Å². The van der Waals surface area contributed by atoms with E-state index in [0.29, 0.717) is 32.8 Å². The van der Waals surface area contributed by atoms with Crippen LogP contribution in [0.3, 0.4) is 0 Å². The molecule has 0 unspecified atom stereocenters. The Kier molecular flexibility index (Phi) is 9.14. The number of ether oxygens (including phenoxy) is 3. The van der Waals surface area contributed by atoms with Crippen molar-refractivity contribution in [2.75, 3.05) is 77.6 Å². The molecule has 9 nitrogen and oxygen atoms in total. The number of β-amino-alcohol motifs (C(OH)–C–C–N with tert-alkyl or cyclic N) is 1. The number of rotatable bonds is 11. The number of benzene rings is 1. The molecule has 9 heteroatoms. The summed E-state index contributed by atoms with van der Waals surface area (Å²) >= 11 is 0. The van der Waals surface area contributed by atoms with E-state index < -0.39 is 5.60 Å². The van der Waals surface area contributed by atoms with Crippen LogP contribution in [0.15, 0.2) is 36.8 Å². The van der Waals surface area contributed by atoms with Crippen molar-refractivity contribution in [3.05, 3.63) is 42.4 Å². The van der Waals surface area contributed by atoms with Crippen molar-refractivity contribution in [3.63, 3.8) is 0 Å². The zero-order valence-electron chi connectivity index (χ0n) is 21.1. The molecule has 35 heavy (non-hydrogen) atoms. The maximum absolute atomic E-state index is 11.4. The predicted molar refractivity (Wildman–Crippen MR) is 135 cm³/mol. The minimum Gasteiger partial charge on any atom is -0.490 e. The molecule has 0 amide bonds. The van der Waals surface area contributed by atoms with Crippen LogP contribution >= 0.6 is 0 Å². The zero-order chi connectivity index (χ0) is 24.5. The van der Waals surface area contributed by atoms with Crippen LogP contribution in [0.1, 0.15) is 25.3 Å². The summed E-state index contributed by atoms with van der Waals surface area (Å²) in [5.74, 6) is 2.36. The van der Waals surface area contributed by atoms with Gasteiger partial charge in [-0.1, -0.05) is 6.07 Å². The average Bonchev–Trinajstić information content (AvgIpc) is 2.86. The third-order valence-electron chi connectivity index (χ3n) is 6.52. The molecule has 4 rings (SSSR count). The van der Waals surface area contributed by atoms with Gasteiger partial charge in [-0.05, 0) is 44.5 Å². The molecule has 2 aliphatic heterocycles. The van der Waals surface area contributed by atoms with Crippen LogP contribution in [0.25, 0.3) is 0 Å². The van der Waals surface area contributed by atoms with Crippen molar-refractivity contribution in [1.29, 1.82) is 0 Å². The van der Waals surface area contributed by atoms with Gasteiger partial charge < -0.3 is 24.2 Å². The van der Waals surface area contributed by atoms with Gasteiger partial charge in [0.15, 0.2) is 11.5 Å². The second-order valence-corrected chi connectivity index (χ2v) is 9.50. The Morgan fingerprint density at radius 3 is 2.77 bits per heavy atom. The first-order valence-electron chi connectivity index (χ1n) is 12.7. The molecule has 0 spiro atoms. The molecule has 1 aromatic carbocycles. The van der Waals surface area contributed by atoms with E-state index in [1.54, 1.807) is 18.6 Å². The summed E-state index contributed by atoms with van der Waals surface area (Å²) < 4.78 is 17.4. The van der Waals surface area contributed by atoms with Gasteiger partial charge in [0.25, 0.3) is 0 Å². The molecule has 192 valence electrons. The third kappa shape index (κ3) is 7.51. The maximum Gasteiger partial charge on any atom is 0.161 e. The van der Waals surface area contributed by atoms with E-state index in [1.165, 1.54) is 0 Å². The van der Waals surface area contributed by atoms with Crippen molar-refractivity contribution in [2.45, 2.75) is 31.9 Å². The van der Waals surface area contributed by atoms with Gasteiger partial charge in [-0.25, -0.2) is 4.98 Å². The SMILES string of the molecule is CCOc1cc(CN(C)C[C@]2(O)CCCN(c3cnccn3)C2)ccc1OCCN1CCOCC1. The highest BCUT2D eigenvalue weighted by Gasteiger charge is 2.35. The van der Waals surface area contributed by atoms with Crippen LogP contribution in [0.5, 0.6) is 11.5 Å². The summed E-state index contributed by atoms with van der Waals surface area (Å²) in [6.07, 6.45) is 6.82. The number of likely N-dealkylation sites (N-methyl/N-ethyl adjacent to an activating group) is 1. The number of piperidine rings is 1. The number of anilines is 1. The fourth-order valence-electron chi connectivity index (χ4n) is 4.91. The Morgan fingerprint density at radius 2 is 2.00 bits per heavy atom. The van der Waals surface area contributed by atoms with Gasteiger partial charge in [0.2, 0.25) is 0 Å². The number of hydrogen-bond donors (Lipinski definition) is 1. The van der Waals surface area contributed by atoms with Crippen LogP contribution in [-0.4, -0.2) is 103 Å². The van der Waals surface area contributed by atoms with Gasteiger partial charge >= 0.3 is 0 Å². The van der Waals surface area contributed by atoms with E-state index in [4.69, 9.17) is 14.2 Å². The Balaban J connectivity index is 1.32. The molecule has 0 radical (unpaired) electrons. The van der Waals surface area contributed by atoms with Crippen molar-refractivity contribution in [2.24, 2.45) is 0 Å². The molecule has 2 aromatic rings. The van der Waals surface area contributed by atoms with E-state index in [1.807, 2.05) is 20.0 Å². The standard InChI is InChI=1S/C26H39N5O4/c1-3-34-24-17-22(5-6-23(24)35-16-13-30-11-14-33-15-12-30)19-29(2)20-26(32)7-4-10-31(21-26)25-18-27-8-9-28-25/h5-6,8-9,17-18,32H,3-4,7,10-16,19-21H2,1-2H3/t26-/m1/s1. The number of aromatic nitrogens is 2. The smallest absolute Gasteiger partial charge is 0.161 e. The Morgan fingerprint density at radius 1 is 1.14 bits per heavy atom. The molecule has 1 N–H and O–H groups in total. The Hall–Kier alpha value is -2.46. The van der Waals surface area contributed by atoms with E-state index in [9.17, 15) is 5.11 Å². The fraction of sp³-hybridized carbons (Fsp3) is 0.615. The first-order valence-corrected chi connectivity index (χ1v) is 12.7. The zero-order valence-corrected chi connectivity index (χ0v) is 21.1. The normalized spacial score (nSPS) is 21.3. The van der Waals surface area contributed by atoms with Gasteiger partial charge in [0.1, 0.15) is 12.4 Å². The summed E-state index contributed by atoms with van der Waals surface area (Å²) in [4.78, 5) is 15.2. The lowest BCUT2D eigenvalue weighted by Crippen LogP contribution is -2.54. The molecule has 0 aliphatic carbocycles. The van der Waals surface area contributed by atoms with Gasteiger partial charge in [-0.3, -0.25) is 14.8 Å². The predicted octanol–water partition coefficient (Wildman–Crippen LogP) is 2.05. The summed E-state index contributed by atoms with van der Waals surface area (Å²) in [5.41, 5.74) is 0.331. The van der Waals surface area contributed by atoms with E-state index in [2.05, 4.69) is 36.8 Å². The molecule has 1 aromatic heterocycles. The summed E-state index contributed by atoms with van der Waals surface area (Å²) in [5, 5.41) is 11.4. The Labute approximate surface area is 208 Å². The van der Waals surface area contributed by atoms with Crippen LogP contribution in [-0.2, 0) is 11.3 Å². The molecule has 3 heterocycles. The largest absolute Gasteiger partial charge is 0.490 e. The minimum absolute atomic E-state index is 0.552. The highest BCUT2D eigenvalue weighted by Crippen LogP contribution is 2.30. The highest BCUT2D eigenvalue weighted by atomic mass is 16.5. The van der Waals surface area contributed by atoms with E-state index >= 15 is 0 Å². The van der Waals surface area contributed by atoms with E-state index in [0.717, 1.165) is 75.1 Å². The number of nitrogens with zero attached hydrogens (tertiary/aromatic N) is 5. The molecule has 2 saturated heterocycles. The number of hydrogen-bond acceptors (Lipinski definition) is 9. The molecule has 0 saturated carbocycles. The minimum atomic E-state index is -0.796. The van der Waals surface area contributed by atoms with Crippen LogP contribution in [0, 0.1) is 0 Å². The molecule has 2 fully saturated rings. The molecular weight excluding hydrogens is 446 g/mol. The number of aliphatic hydroxyl groups is 1. The van der Waals surface area contributed by atoms with E-state index in [-0.39, 0.29) is 0 Å². The first kappa shape index (κ1) is 25.6. The lowest BCUT2D eigenvalue weighted by molar-refractivity contribution is -0.00350. The summed E-state index contributed by atoms with van der Waals surface area (Å²) in [6, 6.07) is 6.14. The summed E-state index contributed by atoms with van der Waals surface area (Å²) in [6.45, 7) is 10.3.